The molecule has 0 aliphatic carbocycles. The number of rotatable bonds is 3. The van der Waals surface area contributed by atoms with Crippen LogP contribution < -0.4 is 10.6 Å². The van der Waals surface area contributed by atoms with Gasteiger partial charge in [0.1, 0.15) is 11.8 Å². The normalized spacial score (nSPS) is 18.7. The van der Waals surface area contributed by atoms with Crippen LogP contribution in [0.2, 0.25) is 0 Å². The number of phenols is 1. The molecule has 1 unspecified atom stereocenters. The summed E-state index contributed by atoms with van der Waals surface area (Å²) in [4.78, 5) is 11.6. The van der Waals surface area contributed by atoms with E-state index in [1.165, 1.54) is 0 Å². The molecule has 4 heteroatoms. The van der Waals surface area contributed by atoms with Gasteiger partial charge in [0, 0.05) is 17.3 Å². The molecule has 2 rings (SSSR count). The molecule has 15 heavy (non-hydrogen) atoms. The van der Waals surface area contributed by atoms with E-state index in [9.17, 15) is 9.90 Å². The Morgan fingerprint density at radius 1 is 1.53 bits per heavy atom. The average molecular weight is 206 g/mol. The smallest absolute Gasteiger partial charge is 0.246 e. The Balaban J connectivity index is 2.25. The Kier molecular flexibility index (Phi) is 2.60. The second-order valence-electron chi connectivity index (χ2n) is 3.65. The minimum atomic E-state index is -0.277. The van der Waals surface area contributed by atoms with Gasteiger partial charge in [-0.15, -0.1) is 0 Å². The largest absolute Gasteiger partial charge is 0.508 e. The van der Waals surface area contributed by atoms with Gasteiger partial charge < -0.3 is 15.7 Å². The molecule has 0 saturated heterocycles. The van der Waals surface area contributed by atoms with Crippen molar-refractivity contribution < 1.29 is 9.90 Å². The van der Waals surface area contributed by atoms with E-state index in [-0.39, 0.29) is 17.7 Å². The lowest BCUT2D eigenvalue weighted by Gasteiger charge is -2.09. The van der Waals surface area contributed by atoms with Crippen LogP contribution in [0.25, 0.3) is 0 Å². The van der Waals surface area contributed by atoms with E-state index in [2.05, 4.69) is 17.6 Å². The lowest BCUT2D eigenvalue weighted by atomic mass is 10.1. The predicted octanol–water partition coefficient (Wildman–Crippen LogP) is 1.38. The predicted molar refractivity (Wildman–Crippen MR) is 57.8 cm³/mol. The van der Waals surface area contributed by atoms with Gasteiger partial charge in [-0.2, -0.15) is 0 Å². The molecular weight excluding hydrogens is 192 g/mol. The number of hydrogen-bond donors (Lipinski definition) is 3. The summed E-state index contributed by atoms with van der Waals surface area (Å²) < 4.78 is 0. The van der Waals surface area contributed by atoms with E-state index in [4.69, 9.17) is 0 Å². The Morgan fingerprint density at radius 3 is 3.07 bits per heavy atom. The van der Waals surface area contributed by atoms with Crippen LogP contribution in [-0.2, 0) is 4.79 Å². The quantitative estimate of drug-likeness (QED) is 0.700. The molecule has 0 saturated carbocycles. The molecule has 1 atom stereocenters. The van der Waals surface area contributed by atoms with Crippen molar-refractivity contribution >= 4 is 11.6 Å². The maximum atomic E-state index is 11.6. The van der Waals surface area contributed by atoms with Crippen LogP contribution in [0, 0.1) is 0 Å². The fourth-order valence-corrected chi connectivity index (χ4v) is 1.74. The van der Waals surface area contributed by atoms with Gasteiger partial charge >= 0.3 is 0 Å². The molecule has 1 heterocycles. The van der Waals surface area contributed by atoms with Crippen molar-refractivity contribution in [1.82, 2.24) is 5.32 Å². The van der Waals surface area contributed by atoms with Crippen LogP contribution in [0.1, 0.15) is 24.9 Å². The second kappa shape index (κ2) is 3.90. The van der Waals surface area contributed by atoms with Crippen molar-refractivity contribution in [3.8, 4) is 5.75 Å². The highest BCUT2D eigenvalue weighted by atomic mass is 16.3. The molecule has 0 radical (unpaired) electrons. The summed E-state index contributed by atoms with van der Waals surface area (Å²) in [6.07, 6.45) is 0.983. The van der Waals surface area contributed by atoms with E-state index >= 15 is 0 Å². The van der Waals surface area contributed by atoms with Crippen molar-refractivity contribution in [2.24, 2.45) is 0 Å². The molecule has 0 bridgehead atoms. The SMILES string of the molecule is CCCNC1C(=O)Nc2cc(O)ccc21. The lowest BCUT2D eigenvalue weighted by Crippen LogP contribution is -2.27. The van der Waals surface area contributed by atoms with Gasteiger partial charge in [-0.1, -0.05) is 13.0 Å². The fraction of sp³-hybridized carbons (Fsp3) is 0.364. The molecule has 80 valence electrons. The Hall–Kier alpha value is -1.55. The zero-order valence-electron chi connectivity index (χ0n) is 8.58. The summed E-state index contributed by atoms with van der Waals surface area (Å²) in [7, 11) is 0. The first-order valence-electron chi connectivity index (χ1n) is 5.09. The first-order chi connectivity index (χ1) is 7.22. The average Bonchev–Trinajstić information content (AvgIpc) is 2.50. The van der Waals surface area contributed by atoms with Crippen LogP contribution in [-0.4, -0.2) is 17.6 Å². The van der Waals surface area contributed by atoms with Gasteiger partial charge in [-0.05, 0) is 19.0 Å². The van der Waals surface area contributed by atoms with Gasteiger partial charge in [0.2, 0.25) is 5.91 Å². The Labute approximate surface area is 88.3 Å². The third kappa shape index (κ3) is 1.80. The molecule has 1 amide bonds. The number of hydrogen-bond acceptors (Lipinski definition) is 3. The minimum absolute atomic E-state index is 0.0518. The molecule has 1 aromatic carbocycles. The van der Waals surface area contributed by atoms with E-state index in [0.717, 1.165) is 18.5 Å². The van der Waals surface area contributed by atoms with E-state index in [0.29, 0.717) is 5.69 Å². The second-order valence-corrected chi connectivity index (χ2v) is 3.65. The number of fused-ring (bicyclic) bond motifs is 1. The molecular formula is C11H14N2O2. The summed E-state index contributed by atoms with van der Waals surface area (Å²) >= 11 is 0. The van der Waals surface area contributed by atoms with Crippen molar-refractivity contribution in [3.05, 3.63) is 23.8 Å². The van der Waals surface area contributed by atoms with Gasteiger partial charge in [0.05, 0.1) is 0 Å². The summed E-state index contributed by atoms with van der Waals surface area (Å²) in [6, 6.07) is 4.66. The monoisotopic (exact) mass is 206 g/mol. The van der Waals surface area contributed by atoms with Gasteiger partial charge in [-0.25, -0.2) is 0 Å². The zero-order valence-corrected chi connectivity index (χ0v) is 8.58. The number of anilines is 1. The fourth-order valence-electron chi connectivity index (χ4n) is 1.74. The van der Waals surface area contributed by atoms with Crippen LogP contribution in [0.5, 0.6) is 5.75 Å². The molecule has 1 aliphatic rings. The summed E-state index contributed by atoms with van der Waals surface area (Å²) in [6.45, 7) is 2.86. The van der Waals surface area contributed by atoms with E-state index in [1.54, 1.807) is 18.2 Å². The van der Waals surface area contributed by atoms with E-state index in [1.807, 2.05) is 0 Å². The zero-order chi connectivity index (χ0) is 10.8. The first kappa shape index (κ1) is 9.98. The number of amides is 1. The van der Waals surface area contributed by atoms with Crippen molar-refractivity contribution in [2.45, 2.75) is 19.4 Å². The van der Waals surface area contributed by atoms with Crippen molar-refractivity contribution in [1.29, 1.82) is 0 Å². The Morgan fingerprint density at radius 2 is 2.33 bits per heavy atom. The third-order valence-electron chi connectivity index (χ3n) is 2.47. The van der Waals surface area contributed by atoms with Crippen molar-refractivity contribution in [3.63, 3.8) is 0 Å². The lowest BCUT2D eigenvalue weighted by molar-refractivity contribution is -0.117. The standard InChI is InChI=1S/C11H14N2O2/c1-2-5-12-10-8-4-3-7(14)6-9(8)13-11(10)15/h3-4,6,10,12,14H,2,5H2,1H3,(H,13,15). The highest BCUT2D eigenvalue weighted by Crippen LogP contribution is 2.33. The van der Waals surface area contributed by atoms with Crippen molar-refractivity contribution in [2.75, 3.05) is 11.9 Å². The number of nitrogens with one attached hydrogen (secondary N) is 2. The summed E-state index contributed by atoms with van der Waals surface area (Å²) in [5, 5.41) is 15.2. The molecule has 1 aromatic rings. The number of carbonyl (C=O) groups is 1. The first-order valence-corrected chi connectivity index (χ1v) is 5.09. The van der Waals surface area contributed by atoms with Crippen LogP contribution in [0.15, 0.2) is 18.2 Å². The molecule has 3 N–H and O–H groups in total. The number of aromatic hydroxyl groups is 1. The molecule has 4 nitrogen and oxygen atoms in total. The topological polar surface area (TPSA) is 61.4 Å². The van der Waals surface area contributed by atoms with Gasteiger partial charge in [0.15, 0.2) is 0 Å². The van der Waals surface area contributed by atoms with Crippen LogP contribution in [0.3, 0.4) is 0 Å². The highest BCUT2D eigenvalue weighted by molar-refractivity contribution is 6.02. The molecule has 1 aliphatic heterocycles. The van der Waals surface area contributed by atoms with Gasteiger partial charge in [0.25, 0.3) is 0 Å². The molecule has 0 spiro atoms. The maximum Gasteiger partial charge on any atom is 0.246 e. The summed E-state index contributed by atoms with van der Waals surface area (Å²) in [5.41, 5.74) is 1.61. The summed E-state index contributed by atoms with van der Waals surface area (Å²) in [5.74, 6) is 0.120. The van der Waals surface area contributed by atoms with Crippen LogP contribution in [0.4, 0.5) is 5.69 Å². The maximum absolute atomic E-state index is 11.6. The number of carbonyl (C=O) groups excluding carboxylic acids is 1. The van der Waals surface area contributed by atoms with Gasteiger partial charge in [-0.3, -0.25) is 4.79 Å². The van der Waals surface area contributed by atoms with Crippen LogP contribution >= 0.6 is 0 Å². The molecule has 0 fully saturated rings. The third-order valence-corrected chi connectivity index (χ3v) is 2.47. The number of benzene rings is 1. The highest BCUT2D eigenvalue weighted by Gasteiger charge is 2.29. The van der Waals surface area contributed by atoms with E-state index < -0.39 is 0 Å². The molecule has 0 aromatic heterocycles. The Bertz CT molecular complexity index is 390. The minimum Gasteiger partial charge on any atom is -0.508 e. The number of phenolic OH excluding ortho intramolecular Hbond substituents is 1.